The van der Waals surface area contributed by atoms with E-state index in [0.717, 1.165) is 31.3 Å². The molecule has 3 rings (SSSR count). The van der Waals surface area contributed by atoms with Crippen LogP contribution in [0.4, 0.5) is 45.0 Å². The van der Waals surface area contributed by atoms with Gasteiger partial charge in [-0.2, -0.15) is 31.4 Å². The number of nitrogens with zero attached hydrogens (tertiary/aromatic N) is 3. The lowest BCUT2D eigenvalue weighted by Gasteiger charge is -2.14. The Morgan fingerprint density at radius 2 is 1.62 bits per heavy atom. The van der Waals surface area contributed by atoms with Crippen LogP contribution >= 0.6 is 11.3 Å². The summed E-state index contributed by atoms with van der Waals surface area (Å²) >= 11 is 0.0590. The summed E-state index contributed by atoms with van der Waals surface area (Å²) in [6, 6.07) is 4.71. The Kier molecular flexibility index (Phi) is 8.33. The van der Waals surface area contributed by atoms with Crippen molar-refractivity contribution in [3.63, 3.8) is 0 Å². The third kappa shape index (κ3) is 6.92. The summed E-state index contributed by atoms with van der Waals surface area (Å²) in [4.78, 5) is 39.4. The molecule has 1 aromatic heterocycles. The highest BCUT2D eigenvalue weighted by Crippen LogP contribution is 2.37. The Labute approximate surface area is 216 Å². The summed E-state index contributed by atoms with van der Waals surface area (Å²) in [5.41, 5.74) is -2.12. The highest BCUT2D eigenvalue weighted by Gasteiger charge is 2.40. The standard InChI is InChI=1S/C22H13F8N5O3S/c1-35(19(38)33-17(36)10-6-7-13(23)14(24)8-10)20-32-16(22(28,29)30)15(39-20)18(37)34-31-9-11-4-2-3-5-12(11)21(25,26)27/h2-9H,1H3,(H,34,37)(H,33,36,38)/b31-9+. The van der Waals surface area contributed by atoms with E-state index in [1.165, 1.54) is 6.07 Å². The molecule has 17 heteroatoms. The van der Waals surface area contributed by atoms with Crippen molar-refractivity contribution in [3.05, 3.63) is 81.4 Å². The molecule has 0 saturated carbocycles. The van der Waals surface area contributed by atoms with E-state index >= 15 is 0 Å². The molecule has 2 aromatic carbocycles. The number of amides is 4. The van der Waals surface area contributed by atoms with Gasteiger partial charge >= 0.3 is 18.4 Å². The number of anilines is 1. The Bertz CT molecular complexity index is 1450. The lowest BCUT2D eigenvalue weighted by molar-refractivity contribution is -0.141. The number of halogens is 8. The average Bonchev–Trinajstić information content (AvgIpc) is 3.31. The van der Waals surface area contributed by atoms with E-state index < -0.39 is 74.2 Å². The number of hydrogen-bond acceptors (Lipinski definition) is 6. The van der Waals surface area contributed by atoms with Crippen molar-refractivity contribution in [2.45, 2.75) is 12.4 Å². The van der Waals surface area contributed by atoms with Crippen LogP contribution in [0.5, 0.6) is 0 Å². The van der Waals surface area contributed by atoms with Crippen LogP contribution in [0.3, 0.4) is 0 Å². The molecule has 0 bridgehead atoms. The first kappa shape index (κ1) is 29.2. The molecule has 1 heterocycles. The van der Waals surface area contributed by atoms with Crippen molar-refractivity contribution in [1.29, 1.82) is 0 Å². The number of benzene rings is 2. The van der Waals surface area contributed by atoms with Gasteiger partial charge in [0.25, 0.3) is 11.8 Å². The van der Waals surface area contributed by atoms with Gasteiger partial charge in [0.15, 0.2) is 22.5 Å². The minimum atomic E-state index is -5.20. The second-order valence-corrected chi connectivity index (χ2v) is 8.38. The van der Waals surface area contributed by atoms with Crippen molar-refractivity contribution in [3.8, 4) is 0 Å². The molecule has 39 heavy (non-hydrogen) atoms. The fourth-order valence-electron chi connectivity index (χ4n) is 2.85. The van der Waals surface area contributed by atoms with Crippen LogP contribution in [0.1, 0.15) is 36.9 Å². The van der Waals surface area contributed by atoms with Crippen LogP contribution in [0, 0.1) is 11.6 Å². The van der Waals surface area contributed by atoms with Crippen LogP contribution < -0.4 is 15.6 Å². The largest absolute Gasteiger partial charge is 0.435 e. The third-order valence-corrected chi connectivity index (χ3v) is 5.85. The minimum absolute atomic E-state index is 0.0590. The first-order valence-electron chi connectivity index (χ1n) is 10.2. The molecule has 0 aliphatic heterocycles. The molecule has 4 amide bonds. The van der Waals surface area contributed by atoms with E-state index in [2.05, 4.69) is 10.1 Å². The summed E-state index contributed by atoms with van der Waals surface area (Å²) < 4.78 is 106. The average molecular weight is 579 g/mol. The first-order chi connectivity index (χ1) is 18.1. The zero-order chi connectivity index (χ0) is 29.1. The monoisotopic (exact) mass is 579 g/mol. The maximum absolute atomic E-state index is 13.5. The molecular formula is C22H13F8N5O3S. The van der Waals surface area contributed by atoms with Crippen LogP contribution in [-0.4, -0.2) is 36.1 Å². The van der Waals surface area contributed by atoms with Crippen molar-refractivity contribution in [2.75, 3.05) is 11.9 Å². The highest BCUT2D eigenvalue weighted by atomic mass is 32.1. The number of hydrazone groups is 1. The number of nitrogens with one attached hydrogen (secondary N) is 2. The number of urea groups is 1. The Morgan fingerprint density at radius 1 is 0.949 bits per heavy atom. The molecule has 0 saturated heterocycles. The van der Waals surface area contributed by atoms with Gasteiger partial charge < -0.3 is 0 Å². The Balaban J connectivity index is 1.80. The van der Waals surface area contributed by atoms with Crippen molar-refractivity contribution in [2.24, 2.45) is 5.10 Å². The molecule has 0 aliphatic carbocycles. The second kappa shape index (κ2) is 11.1. The van der Waals surface area contributed by atoms with Crippen LogP contribution in [-0.2, 0) is 12.4 Å². The smallest absolute Gasteiger partial charge is 0.273 e. The number of carbonyl (C=O) groups is 3. The fourth-order valence-corrected chi connectivity index (χ4v) is 3.79. The quantitative estimate of drug-likeness (QED) is 0.246. The number of aromatic nitrogens is 1. The molecule has 0 fully saturated rings. The molecule has 0 atom stereocenters. The molecule has 0 unspecified atom stereocenters. The van der Waals surface area contributed by atoms with E-state index in [4.69, 9.17) is 0 Å². The van der Waals surface area contributed by atoms with Gasteiger partial charge in [0, 0.05) is 18.2 Å². The van der Waals surface area contributed by atoms with Gasteiger partial charge in [-0.15, -0.1) is 0 Å². The summed E-state index contributed by atoms with van der Waals surface area (Å²) in [7, 11) is 0.904. The summed E-state index contributed by atoms with van der Waals surface area (Å²) in [6.07, 6.45) is -9.38. The Morgan fingerprint density at radius 3 is 2.23 bits per heavy atom. The van der Waals surface area contributed by atoms with Gasteiger partial charge in [0.05, 0.1) is 11.8 Å². The number of alkyl halides is 6. The zero-order valence-corrected chi connectivity index (χ0v) is 19.9. The van der Waals surface area contributed by atoms with Crippen molar-refractivity contribution in [1.82, 2.24) is 15.7 Å². The second-order valence-electron chi connectivity index (χ2n) is 7.40. The van der Waals surface area contributed by atoms with E-state index in [1.54, 1.807) is 10.7 Å². The molecular weight excluding hydrogens is 566 g/mol. The predicted molar refractivity (Wildman–Crippen MR) is 121 cm³/mol. The van der Waals surface area contributed by atoms with Crippen LogP contribution in [0.25, 0.3) is 0 Å². The summed E-state index contributed by atoms with van der Waals surface area (Å²) in [6.45, 7) is 0. The normalized spacial score (nSPS) is 11.9. The maximum Gasteiger partial charge on any atom is 0.435 e. The van der Waals surface area contributed by atoms with Gasteiger partial charge in [0.1, 0.15) is 4.88 Å². The lowest BCUT2D eigenvalue weighted by atomic mass is 10.1. The van der Waals surface area contributed by atoms with E-state index in [0.29, 0.717) is 23.2 Å². The Hall–Kier alpha value is -4.41. The van der Waals surface area contributed by atoms with Crippen molar-refractivity contribution < 1.29 is 49.5 Å². The van der Waals surface area contributed by atoms with Crippen molar-refractivity contribution >= 4 is 40.5 Å². The summed E-state index contributed by atoms with van der Waals surface area (Å²) in [5.74, 6) is -5.38. The topological polar surface area (TPSA) is 104 Å². The minimum Gasteiger partial charge on any atom is -0.273 e. The van der Waals surface area contributed by atoms with Gasteiger partial charge in [-0.3, -0.25) is 19.8 Å². The SMILES string of the molecule is CN(C(=O)NC(=O)c1ccc(F)c(F)c1)c1nc(C(F)(F)F)c(C(=O)N/N=C/c2ccccc2C(F)(F)F)s1. The number of rotatable bonds is 5. The zero-order valence-electron chi connectivity index (χ0n) is 19.1. The maximum atomic E-state index is 13.5. The number of hydrogen-bond donors (Lipinski definition) is 2. The number of carbonyl (C=O) groups excluding carboxylic acids is 3. The summed E-state index contributed by atoms with van der Waals surface area (Å²) in [5, 5.41) is 4.31. The molecule has 0 aliphatic rings. The molecule has 2 N–H and O–H groups in total. The molecule has 8 nitrogen and oxygen atoms in total. The van der Waals surface area contributed by atoms with Gasteiger partial charge in [0.2, 0.25) is 0 Å². The van der Waals surface area contributed by atoms with Crippen LogP contribution in [0.15, 0.2) is 47.6 Å². The van der Waals surface area contributed by atoms with Gasteiger partial charge in [-0.1, -0.05) is 29.5 Å². The first-order valence-corrected chi connectivity index (χ1v) is 11.0. The number of imide groups is 1. The van der Waals surface area contributed by atoms with E-state index in [9.17, 15) is 49.5 Å². The fraction of sp³-hybridized carbons (Fsp3) is 0.136. The highest BCUT2D eigenvalue weighted by molar-refractivity contribution is 7.17. The van der Waals surface area contributed by atoms with E-state index in [1.807, 2.05) is 0 Å². The number of thiazole rings is 1. The molecule has 206 valence electrons. The lowest BCUT2D eigenvalue weighted by Crippen LogP contribution is -2.40. The molecule has 0 spiro atoms. The van der Waals surface area contributed by atoms with Crippen LogP contribution in [0.2, 0.25) is 0 Å². The predicted octanol–water partition coefficient (Wildman–Crippen LogP) is 5.21. The molecule has 0 radical (unpaired) electrons. The van der Waals surface area contributed by atoms with Gasteiger partial charge in [-0.25, -0.2) is 24.0 Å². The molecule has 3 aromatic rings. The van der Waals surface area contributed by atoms with E-state index in [-0.39, 0.29) is 11.3 Å². The van der Waals surface area contributed by atoms with Gasteiger partial charge in [-0.05, 0) is 24.3 Å². The third-order valence-electron chi connectivity index (χ3n) is 4.72.